The van der Waals surface area contributed by atoms with Gasteiger partial charge in [-0.3, -0.25) is 0 Å². The van der Waals surface area contributed by atoms with Crippen molar-refractivity contribution in [3.63, 3.8) is 0 Å². The monoisotopic (exact) mass is 264 g/mol. The molecule has 1 atom stereocenters. The molecule has 0 saturated carbocycles. The minimum absolute atomic E-state index is 0.382. The Kier molecular flexibility index (Phi) is 7.11. The molecule has 0 heteroatoms. The maximum atomic E-state index is 2.36. The molecular weight excluding hydrogens is 228 g/mol. The molecule has 0 aliphatic heterocycles. The Bertz CT molecular complexity index is 302. The van der Waals surface area contributed by atoms with Gasteiger partial charge < -0.3 is 0 Å². The standard InChI is InChI=1S/C19H36/c1-10-16(12-11-13-18(4,5)6)17(15(2)3)14-19(7,8)9/h10-12,15,17H,13-14H2,1-9H3. The summed E-state index contributed by atoms with van der Waals surface area (Å²) in [7, 11) is 0. The van der Waals surface area contributed by atoms with Crippen LogP contribution in [0, 0.1) is 22.7 Å². The van der Waals surface area contributed by atoms with Crippen molar-refractivity contribution in [1.29, 1.82) is 0 Å². The van der Waals surface area contributed by atoms with Crippen molar-refractivity contribution in [2.75, 3.05) is 0 Å². The number of hydrogen-bond acceptors (Lipinski definition) is 0. The van der Waals surface area contributed by atoms with Crippen LogP contribution in [0.5, 0.6) is 0 Å². The SMILES string of the molecule is CC=C(C=CCC(C)(C)C)C(CC(C)(C)C)C(C)C. The van der Waals surface area contributed by atoms with E-state index in [2.05, 4.69) is 80.5 Å². The van der Waals surface area contributed by atoms with Gasteiger partial charge in [0.05, 0.1) is 0 Å². The van der Waals surface area contributed by atoms with Crippen molar-refractivity contribution in [2.45, 2.75) is 75.2 Å². The van der Waals surface area contributed by atoms with Gasteiger partial charge in [-0.1, -0.05) is 73.6 Å². The van der Waals surface area contributed by atoms with Gasteiger partial charge in [0.15, 0.2) is 0 Å². The molecule has 0 aromatic rings. The molecule has 0 N–H and O–H groups in total. The molecule has 0 spiro atoms. The van der Waals surface area contributed by atoms with E-state index in [9.17, 15) is 0 Å². The molecule has 19 heavy (non-hydrogen) atoms. The second-order valence-electron chi connectivity index (χ2n) is 8.57. The average Bonchev–Trinajstić information content (AvgIpc) is 2.18. The lowest BCUT2D eigenvalue weighted by Crippen LogP contribution is -2.19. The highest BCUT2D eigenvalue weighted by molar-refractivity contribution is 5.22. The van der Waals surface area contributed by atoms with Crippen LogP contribution in [0.2, 0.25) is 0 Å². The fourth-order valence-electron chi connectivity index (χ4n) is 2.38. The highest BCUT2D eigenvalue weighted by Crippen LogP contribution is 2.34. The predicted octanol–water partition coefficient (Wildman–Crippen LogP) is 6.63. The summed E-state index contributed by atoms with van der Waals surface area (Å²) in [5, 5.41) is 0. The summed E-state index contributed by atoms with van der Waals surface area (Å²) in [4.78, 5) is 0. The van der Waals surface area contributed by atoms with E-state index in [1.54, 1.807) is 0 Å². The zero-order valence-corrected chi connectivity index (χ0v) is 14.8. The second-order valence-corrected chi connectivity index (χ2v) is 8.57. The highest BCUT2D eigenvalue weighted by atomic mass is 14.3. The quantitative estimate of drug-likeness (QED) is 0.489. The summed E-state index contributed by atoms with van der Waals surface area (Å²) >= 11 is 0. The Morgan fingerprint density at radius 3 is 1.79 bits per heavy atom. The normalized spacial score (nSPS) is 16.4. The van der Waals surface area contributed by atoms with E-state index in [1.165, 1.54) is 12.0 Å². The first-order valence-electron chi connectivity index (χ1n) is 7.79. The van der Waals surface area contributed by atoms with Crippen molar-refractivity contribution in [3.8, 4) is 0 Å². The molecule has 0 aliphatic rings. The summed E-state index contributed by atoms with van der Waals surface area (Å²) in [6, 6.07) is 0. The third kappa shape index (κ3) is 9.08. The summed E-state index contributed by atoms with van der Waals surface area (Å²) in [5.41, 5.74) is 2.28. The van der Waals surface area contributed by atoms with Crippen LogP contribution in [-0.2, 0) is 0 Å². The first-order valence-corrected chi connectivity index (χ1v) is 7.79. The maximum absolute atomic E-state index is 2.36. The van der Waals surface area contributed by atoms with Crippen LogP contribution in [0.4, 0.5) is 0 Å². The summed E-state index contributed by atoms with van der Waals surface area (Å²) < 4.78 is 0. The van der Waals surface area contributed by atoms with Crippen LogP contribution in [0.15, 0.2) is 23.8 Å². The molecule has 0 amide bonds. The molecule has 0 aromatic carbocycles. The fraction of sp³-hybridized carbons (Fsp3) is 0.789. The van der Waals surface area contributed by atoms with Gasteiger partial charge in [-0.2, -0.15) is 0 Å². The van der Waals surface area contributed by atoms with Crippen LogP contribution < -0.4 is 0 Å². The fourth-order valence-corrected chi connectivity index (χ4v) is 2.38. The topological polar surface area (TPSA) is 0 Å². The third-order valence-electron chi connectivity index (χ3n) is 3.44. The lowest BCUT2D eigenvalue weighted by atomic mass is 9.75. The molecule has 112 valence electrons. The first-order chi connectivity index (χ1) is 8.46. The molecular formula is C19H36. The van der Waals surface area contributed by atoms with Crippen LogP contribution >= 0.6 is 0 Å². The number of hydrogen-bond donors (Lipinski definition) is 0. The summed E-state index contributed by atoms with van der Waals surface area (Å²) in [5.74, 6) is 1.37. The smallest absolute Gasteiger partial charge is 0.0137 e. The number of rotatable bonds is 5. The van der Waals surface area contributed by atoms with Gasteiger partial charge in [-0.05, 0) is 48.0 Å². The zero-order valence-electron chi connectivity index (χ0n) is 14.8. The zero-order chi connectivity index (χ0) is 15.3. The second kappa shape index (κ2) is 7.31. The minimum atomic E-state index is 0.382. The Hall–Kier alpha value is -0.520. The van der Waals surface area contributed by atoms with Gasteiger partial charge in [0.2, 0.25) is 0 Å². The molecule has 0 radical (unpaired) electrons. The lowest BCUT2D eigenvalue weighted by molar-refractivity contribution is 0.275. The average molecular weight is 264 g/mol. The largest absolute Gasteiger partial charge is 0.0842 e. The molecule has 0 aliphatic carbocycles. The van der Waals surface area contributed by atoms with Crippen LogP contribution in [0.3, 0.4) is 0 Å². The van der Waals surface area contributed by atoms with Crippen molar-refractivity contribution in [3.05, 3.63) is 23.8 Å². The summed E-state index contributed by atoms with van der Waals surface area (Å²) in [6.45, 7) is 20.8. The van der Waals surface area contributed by atoms with Gasteiger partial charge in [0.25, 0.3) is 0 Å². The molecule has 0 saturated heterocycles. The van der Waals surface area contributed by atoms with Gasteiger partial charge in [0.1, 0.15) is 0 Å². The number of allylic oxidation sites excluding steroid dienone is 4. The van der Waals surface area contributed by atoms with E-state index in [0.717, 1.165) is 6.42 Å². The van der Waals surface area contributed by atoms with Crippen molar-refractivity contribution < 1.29 is 0 Å². The lowest BCUT2D eigenvalue weighted by Gasteiger charge is -2.30. The Morgan fingerprint density at radius 1 is 0.947 bits per heavy atom. The Morgan fingerprint density at radius 2 is 1.47 bits per heavy atom. The van der Waals surface area contributed by atoms with E-state index >= 15 is 0 Å². The van der Waals surface area contributed by atoms with E-state index in [-0.39, 0.29) is 0 Å². The van der Waals surface area contributed by atoms with Gasteiger partial charge in [0, 0.05) is 0 Å². The molecule has 0 fully saturated rings. The van der Waals surface area contributed by atoms with E-state index in [4.69, 9.17) is 0 Å². The van der Waals surface area contributed by atoms with Crippen LogP contribution in [0.25, 0.3) is 0 Å². The van der Waals surface area contributed by atoms with E-state index < -0.39 is 0 Å². The molecule has 1 unspecified atom stereocenters. The minimum Gasteiger partial charge on any atom is -0.0842 e. The third-order valence-corrected chi connectivity index (χ3v) is 3.44. The van der Waals surface area contributed by atoms with Crippen LogP contribution in [0.1, 0.15) is 75.2 Å². The van der Waals surface area contributed by atoms with E-state index in [0.29, 0.717) is 22.7 Å². The molecule has 0 heterocycles. The molecule has 0 nitrogen and oxygen atoms in total. The predicted molar refractivity (Wildman–Crippen MR) is 89.4 cm³/mol. The van der Waals surface area contributed by atoms with Crippen LogP contribution in [-0.4, -0.2) is 0 Å². The van der Waals surface area contributed by atoms with Crippen molar-refractivity contribution in [2.24, 2.45) is 22.7 Å². The summed E-state index contributed by atoms with van der Waals surface area (Å²) in [6.07, 6.45) is 9.42. The highest BCUT2D eigenvalue weighted by Gasteiger charge is 2.23. The Balaban J connectivity index is 4.88. The van der Waals surface area contributed by atoms with Crippen molar-refractivity contribution in [1.82, 2.24) is 0 Å². The Labute approximate surface area is 122 Å². The molecule has 0 rings (SSSR count). The van der Waals surface area contributed by atoms with E-state index in [1.807, 2.05) is 0 Å². The first kappa shape index (κ1) is 18.5. The van der Waals surface area contributed by atoms with Gasteiger partial charge in [-0.25, -0.2) is 0 Å². The molecule has 0 aromatic heterocycles. The van der Waals surface area contributed by atoms with Gasteiger partial charge >= 0.3 is 0 Å². The maximum Gasteiger partial charge on any atom is -0.0137 e. The van der Waals surface area contributed by atoms with Crippen molar-refractivity contribution >= 4 is 0 Å². The van der Waals surface area contributed by atoms with Gasteiger partial charge in [-0.15, -0.1) is 0 Å². The molecule has 0 bridgehead atoms.